The third-order valence-corrected chi connectivity index (χ3v) is 4.23. The molecule has 3 N–H and O–H groups in total. The fraction of sp³-hybridized carbons (Fsp3) is 0.917. The molecule has 2 fully saturated rings. The van der Waals surface area contributed by atoms with Crippen LogP contribution < -0.4 is 11.1 Å². The van der Waals surface area contributed by atoms with Gasteiger partial charge in [0.25, 0.3) is 0 Å². The molecule has 0 radical (unpaired) electrons. The summed E-state index contributed by atoms with van der Waals surface area (Å²) in [5.74, 6) is 0.204. The molecule has 2 aliphatic rings. The number of nitrogens with one attached hydrogen (secondary N) is 1. The van der Waals surface area contributed by atoms with Crippen LogP contribution in [0.3, 0.4) is 0 Å². The molecule has 15 heavy (non-hydrogen) atoms. The average molecular weight is 210 g/mol. The maximum atomic E-state index is 11.8. The van der Waals surface area contributed by atoms with Gasteiger partial charge in [-0.05, 0) is 36.6 Å². The predicted molar refractivity (Wildman–Crippen MR) is 60.3 cm³/mol. The summed E-state index contributed by atoms with van der Waals surface area (Å²) in [5, 5.41) is 3.11. The molecule has 0 aromatic carbocycles. The summed E-state index contributed by atoms with van der Waals surface area (Å²) in [5.41, 5.74) is 6.20. The Kier molecular flexibility index (Phi) is 2.53. The van der Waals surface area contributed by atoms with E-state index >= 15 is 0 Å². The van der Waals surface area contributed by atoms with E-state index in [4.69, 9.17) is 5.73 Å². The van der Waals surface area contributed by atoms with E-state index in [1.165, 1.54) is 6.42 Å². The summed E-state index contributed by atoms with van der Waals surface area (Å²) < 4.78 is 0. The SMILES string of the molecule is CC1(C)CC1NC(=O)CC1(CN)CCC1. The molecule has 0 saturated heterocycles. The standard InChI is InChI=1S/C12H22N2O/c1-11(2)6-9(11)14-10(15)7-12(8-13)4-3-5-12/h9H,3-8,13H2,1-2H3,(H,14,15). The minimum absolute atomic E-state index is 0.142. The molecule has 1 unspecified atom stereocenters. The van der Waals surface area contributed by atoms with Crippen molar-refractivity contribution in [1.29, 1.82) is 0 Å². The van der Waals surface area contributed by atoms with Gasteiger partial charge in [0.15, 0.2) is 0 Å². The molecular formula is C12H22N2O. The molecule has 2 saturated carbocycles. The summed E-state index contributed by atoms with van der Waals surface area (Å²) in [4.78, 5) is 11.8. The fourth-order valence-corrected chi connectivity index (χ4v) is 2.43. The number of amides is 1. The van der Waals surface area contributed by atoms with E-state index < -0.39 is 0 Å². The first-order valence-electron chi connectivity index (χ1n) is 5.97. The summed E-state index contributed by atoms with van der Waals surface area (Å²) in [6.45, 7) is 5.05. The van der Waals surface area contributed by atoms with Crippen molar-refractivity contribution in [2.24, 2.45) is 16.6 Å². The van der Waals surface area contributed by atoms with Crippen LogP contribution in [0, 0.1) is 10.8 Å². The van der Waals surface area contributed by atoms with Gasteiger partial charge in [0, 0.05) is 12.5 Å². The Balaban J connectivity index is 1.78. The van der Waals surface area contributed by atoms with Gasteiger partial charge < -0.3 is 11.1 Å². The molecular weight excluding hydrogens is 188 g/mol. The van der Waals surface area contributed by atoms with Gasteiger partial charge in [-0.25, -0.2) is 0 Å². The number of carbonyl (C=O) groups excluding carboxylic acids is 1. The third-order valence-electron chi connectivity index (χ3n) is 4.23. The van der Waals surface area contributed by atoms with Crippen LogP contribution in [0.4, 0.5) is 0 Å². The number of rotatable bonds is 4. The molecule has 1 amide bonds. The quantitative estimate of drug-likeness (QED) is 0.737. The molecule has 0 spiro atoms. The van der Waals surface area contributed by atoms with E-state index in [1.807, 2.05) is 0 Å². The zero-order valence-electron chi connectivity index (χ0n) is 9.81. The Morgan fingerprint density at radius 1 is 1.47 bits per heavy atom. The second kappa shape index (κ2) is 3.48. The summed E-state index contributed by atoms with van der Waals surface area (Å²) >= 11 is 0. The van der Waals surface area contributed by atoms with Gasteiger partial charge in [0.2, 0.25) is 5.91 Å². The highest BCUT2D eigenvalue weighted by Crippen LogP contribution is 2.46. The molecule has 3 heteroatoms. The Morgan fingerprint density at radius 2 is 2.07 bits per heavy atom. The van der Waals surface area contributed by atoms with E-state index in [9.17, 15) is 4.79 Å². The molecule has 0 aliphatic heterocycles. The van der Waals surface area contributed by atoms with Gasteiger partial charge in [-0.15, -0.1) is 0 Å². The molecule has 86 valence electrons. The molecule has 0 bridgehead atoms. The van der Waals surface area contributed by atoms with Crippen LogP contribution in [0.1, 0.15) is 46.0 Å². The topological polar surface area (TPSA) is 55.1 Å². The smallest absolute Gasteiger partial charge is 0.220 e. The predicted octanol–water partition coefficient (Wildman–Crippen LogP) is 1.42. The van der Waals surface area contributed by atoms with Gasteiger partial charge in [-0.2, -0.15) is 0 Å². The van der Waals surface area contributed by atoms with Crippen LogP contribution in [0.2, 0.25) is 0 Å². The summed E-state index contributed by atoms with van der Waals surface area (Å²) in [6.07, 6.45) is 5.25. The van der Waals surface area contributed by atoms with Crippen LogP contribution in [0.25, 0.3) is 0 Å². The van der Waals surface area contributed by atoms with E-state index in [1.54, 1.807) is 0 Å². The van der Waals surface area contributed by atoms with Crippen molar-refractivity contribution in [3.05, 3.63) is 0 Å². The van der Waals surface area contributed by atoms with E-state index in [0.717, 1.165) is 19.3 Å². The van der Waals surface area contributed by atoms with Crippen molar-refractivity contribution in [2.75, 3.05) is 6.54 Å². The highest BCUT2D eigenvalue weighted by atomic mass is 16.1. The molecule has 0 heterocycles. The lowest BCUT2D eigenvalue weighted by atomic mass is 9.66. The van der Waals surface area contributed by atoms with Gasteiger partial charge in [-0.1, -0.05) is 20.3 Å². The Hall–Kier alpha value is -0.570. The van der Waals surface area contributed by atoms with E-state index in [0.29, 0.717) is 24.4 Å². The second-order valence-corrected chi connectivity index (χ2v) is 6.05. The Labute approximate surface area is 91.8 Å². The monoisotopic (exact) mass is 210 g/mol. The molecule has 2 rings (SSSR count). The van der Waals surface area contributed by atoms with Crippen molar-refractivity contribution in [1.82, 2.24) is 5.32 Å². The largest absolute Gasteiger partial charge is 0.353 e. The highest BCUT2D eigenvalue weighted by Gasteiger charge is 2.47. The number of nitrogens with two attached hydrogens (primary N) is 1. The van der Waals surface area contributed by atoms with Crippen LogP contribution in [-0.2, 0) is 4.79 Å². The van der Waals surface area contributed by atoms with Crippen LogP contribution >= 0.6 is 0 Å². The zero-order valence-corrected chi connectivity index (χ0v) is 9.81. The molecule has 0 aromatic heterocycles. The normalized spacial score (nSPS) is 30.5. The lowest BCUT2D eigenvalue weighted by Gasteiger charge is -2.40. The van der Waals surface area contributed by atoms with Crippen molar-refractivity contribution >= 4 is 5.91 Å². The first-order chi connectivity index (χ1) is 6.97. The van der Waals surface area contributed by atoms with E-state index in [2.05, 4.69) is 19.2 Å². The van der Waals surface area contributed by atoms with Gasteiger partial charge in [0.05, 0.1) is 0 Å². The van der Waals surface area contributed by atoms with E-state index in [-0.39, 0.29) is 11.3 Å². The van der Waals surface area contributed by atoms with Crippen molar-refractivity contribution in [2.45, 2.75) is 52.0 Å². The first-order valence-corrected chi connectivity index (χ1v) is 5.97. The van der Waals surface area contributed by atoms with Crippen LogP contribution in [-0.4, -0.2) is 18.5 Å². The van der Waals surface area contributed by atoms with Crippen molar-refractivity contribution in [3.63, 3.8) is 0 Å². The van der Waals surface area contributed by atoms with Crippen LogP contribution in [0.5, 0.6) is 0 Å². The molecule has 2 aliphatic carbocycles. The van der Waals surface area contributed by atoms with Crippen molar-refractivity contribution < 1.29 is 4.79 Å². The zero-order chi connectivity index (χ0) is 11.1. The number of hydrogen-bond acceptors (Lipinski definition) is 2. The summed E-state index contributed by atoms with van der Waals surface area (Å²) in [6, 6.07) is 0.403. The lowest BCUT2D eigenvalue weighted by Crippen LogP contribution is -2.42. The third kappa shape index (κ3) is 2.17. The minimum Gasteiger partial charge on any atom is -0.353 e. The first kappa shape index (κ1) is 10.9. The maximum absolute atomic E-state index is 11.8. The second-order valence-electron chi connectivity index (χ2n) is 6.05. The van der Waals surface area contributed by atoms with Gasteiger partial charge in [0.1, 0.15) is 0 Å². The Bertz CT molecular complexity index is 263. The highest BCUT2D eigenvalue weighted by molar-refractivity contribution is 5.77. The fourth-order valence-electron chi connectivity index (χ4n) is 2.43. The molecule has 1 atom stereocenters. The van der Waals surface area contributed by atoms with Gasteiger partial charge in [-0.3, -0.25) is 4.79 Å². The molecule has 3 nitrogen and oxygen atoms in total. The van der Waals surface area contributed by atoms with Gasteiger partial charge >= 0.3 is 0 Å². The van der Waals surface area contributed by atoms with Crippen LogP contribution in [0.15, 0.2) is 0 Å². The summed E-state index contributed by atoms with van der Waals surface area (Å²) in [7, 11) is 0. The lowest BCUT2D eigenvalue weighted by molar-refractivity contribution is -0.125. The van der Waals surface area contributed by atoms with Crippen molar-refractivity contribution in [3.8, 4) is 0 Å². The average Bonchev–Trinajstić information content (AvgIpc) is 2.66. The maximum Gasteiger partial charge on any atom is 0.220 e. The number of hydrogen-bond donors (Lipinski definition) is 2. The Morgan fingerprint density at radius 3 is 2.40 bits per heavy atom. The minimum atomic E-state index is 0.142. The molecule has 0 aromatic rings. The number of carbonyl (C=O) groups is 1.